The predicted molar refractivity (Wildman–Crippen MR) is 135 cm³/mol. The highest BCUT2D eigenvalue weighted by Crippen LogP contribution is 2.33. The third-order valence-corrected chi connectivity index (χ3v) is 6.02. The van der Waals surface area contributed by atoms with Crippen LogP contribution in [0.15, 0.2) is 83.9 Å². The molecule has 4 rings (SSSR count). The summed E-state index contributed by atoms with van der Waals surface area (Å²) in [5, 5.41) is 4.61. The Kier molecular flexibility index (Phi) is 7.44. The molecule has 0 aliphatic rings. The van der Waals surface area contributed by atoms with Crippen LogP contribution in [0.2, 0.25) is 0 Å². The molecule has 6 nitrogen and oxygen atoms in total. The van der Waals surface area contributed by atoms with Crippen LogP contribution in [0, 0.1) is 0 Å². The van der Waals surface area contributed by atoms with Gasteiger partial charge in [0, 0.05) is 17.1 Å². The van der Waals surface area contributed by atoms with Crippen LogP contribution in [0.1, 0.15) is 17.3 Å². The molecule has 0 aliphatic heterocycles. The number of rotatable bonds is 8. The number of hydrogen-bond acceptors (Lipinski definition) is 6. The molecule has 3 aromatic carbocycles. The third-order valence-electron chi connectivity index (χ3n) is 5.11. The lowest BCUT2D eigenvalue weighted by molar-refractivity contribution is -0.113. The fraction of sp³-hybridized carbons (Fsp3) is 0.148. The first-order chi connectivity index (χ1) is 16.6. The summed E-state index contributed by atoms with van der Waals surface area (Å²) in [7, 11) is 1.63. The van der Waals surface area contributed by atoms with E-state index >= 15 is 0 Å². The number of anilines is 1. The summed E-state index contributed by atoms with van der Waals surface area (Å²) in [6.07, 6.45) is 0. The Morgan fingerprint density at radius 1 is 0.971 bits per heavy atom. The first-order valence-corrected chi connectivity index (χ1v) is 11.8. The minimum absolute atomic E-state index is 0.164. The van der Waals surface area contributed by atoms with Crippen molar-refractivity contribution in [3.05, 3.63) is 84.4 Å². The summed E-state index contributed by atoms with van der Waals surface area (Å²) < 4.78 is 10.3. The highest BCUT2D eigenvalue weighted by molar-refractivity contribution is 7.99. The summed E-state index contributed by atoms with van der Waals surface area (Å²) >= 11 is 1.36. The summed E-state index contributed by atoms with van der Waals surface area (Å²) in [5.41, 5.74) is 3.98. The molecule has 4 aromatic rings. The van der Waals surface area contributed by atoms with E-state index in [-0.39, 0.29) is 17.6 Å². The number of esters is 1. The van der Waals surface area contributed by atoms with Crippen LogP contribution in [-0.4, -0.2) is 36.3 Å². The summed E-state index contributed by atoms with van der Waals surface area (Å²) in [6.45, 7) is 2.07. The fourth-order valence-electron chi connectivity index (χ4n) is 3.48. The maximum Gasteiger partial charge on any atom is 0.338 e. The van der Waals surface area contributed by atoms with Crippen molar-refractivity contribution in [1.82, 2.24) is 4.98 Å². The summed E-state index contributed by atoms with van der Waals surface area (Å²) in [6, 6.07) is 24.6. The lowest BCUT2D eigenvalue weighted by Crippen LogP contribution is -2.14. The number of nitrogens with one attached hydrogen (secondary N) is 1. The molecular formula is C27H24N2O4S. The van der Waals surface area contributed by atoms with E-state index in [0.29, 0.717) is 17.9 Å². The highest BCUT2D eigenvalue weighted by Gasteiger charge is 2.12. The number of pyridine rings is 1. The van der Waals surface area contributed by atoms with Gasteiger partial charge in [-0.1, -0.05) is 42.1 Å². The zero-order valence-electron chi connectivity index (χ0n) is 18.9. The number of ether oxygens (including phenoxy) is 2. The molecule has 1 N–H and O–H groups in total. The van der Waals surface area contributed by atoms with Gasteiger partial charge in [-0.15, -0.1) is 0 Å². The number of thioether (sulfide) groups is 1. The van der Waals surface area contributed by atoms with E-state index < -0.39 is 0 Å². The lowest BCUT2D eigenvalue weighted by atomic mass is 10.0. The third kappa shape index (κ3) is 5.55. The topological polar surface area (TPSA) is 77.5 Å². The number of amides is 1. The first kappa shape index (κ1) is 23.3. The molecule has 0 atom stereocenters. The average Bonchev–Trinajstić information content (AvgIpc) is 2.87. The van der Waals surface area contributed by atoms with Crippen molar-refractivity contribution in [1.29, 1.82) is 0 Å². The average molecular weight is 473 g/mol. The standard InChI is InChI=1S/C27H24N2O4S/c1-3-33-27(31)19-9-11-20(12-10-19)28-25(30)17-34-26-16-23(18-7-5-4-6-8-18)22-14-13-21(32-2)15-24(22)29-26/h4-16H,3,17H2,1-2H3,(H,28,30). The first-order valence-electron chi connectivity index (χ1n) is 10.8. The van der Waals surface area contributed by atoms with Crippen molar-refractivity contribution in [2.24, 2.45) is 0 Å². The van der Waals surface area contributed by atoms with Crippen LogP contribution in [0.4, 0.5) is 5.69 Å². The van der Waals surface area contributed by atoms with Gasteiger partial charge in [0.25, 0.3) is 0 Å². The molecule has 172 valence electrons. The van der Waals surface area contributed by atoms with Gasteiger partial charge in [-0.2, -0.15) is 0 Å². The van der Waals surface area contributed by atoms with E-state index in [9.17, 15) is 9.59 Å². The van der Waals surface area contributed by atoms with E-state index in [4.69, 9.17) is 14.5 Å². The molecule has 7 heteroatoms. The molecule has 0 aliphatic carbocycles. The van der Waals surface area contributed by atoms with Crippen LogP contribution in [0.5, 0.6) is 5.75 Å². The van der Waals surface area contributed by atoms with E-state index in [1.165, 1.54) is 11.8 Å². The molecule has 0 fully saturated rings. The van der Waals surface area contributed by atoms with Crippen molar-refractivity contribution in [3.8, 4) is 16.9 Å². The van der Waals surface area contributed by atoms with Gasteiger partial charge in [0.2, 0.25) is 5.91 Å². The molecule has 0 saturated carbocycles. The summed E-state index contributed by atoms with van der Waals surface area (Å²) in [4.78, 5) is 29.1. The van der Waals surface area contributed by atoms with Crippen molar-refractivity contribution in [2.75, 3.05) is 24.8 Å². The van der Waals surface area contributed by atoms with Gasteiger partial charge in [-0.25, -0.2) is 9.78 Å². The van der Waals surface area contributed by atoms with Crippen LogP contribution in [0.25, 0.3) is 22.0 Å². The van der Waals surface area contributed by atoms with E-state index in [1.54, 1.807) is 38.3 Å². The Labute approximate surface area is 202 Å². The zero-order valence-corrected chi connectivity index (χ0v) is 19.7. The molecule has 1 aromatic heterocycles. The Hall–Kier alpha value is -3.84. The second-order valence-corrected chi connectivity index (χ2v) is 8.39. The van der Waals surface area contributed by atoms with Gasteiger partial charge in [0.15, 0.2) is 0 Å². The molecule has 0 spiro atoms. The SMILES string of the molecule is CCOC(=O)c1ccc(NC(=O)CSc2cc(-c3ccccc3)c3ccc(OC)cc3n2)cc1. The molecule has 1 amide bonds. The number of carbonyl (C=O) groups is 2. The largest absolute Gasteiger partial charge is 0.497 e. The Bertz CT molecular complexity index is 1310. The Balaban J connectivity index is 1.50. The molecule has 0 radical (unpaired) electrons. The number of hydrogen-bond donors (Lipinski definition) is 1. The van der Waals surface area contributed by atoms with Crippen LogP contribution >= 0.6 is 11.8 Å². The molecular weight excluding hydrogens is 448 g/mol. The van der Waals surface area contributed by atoms with Gasteiger partial charge in [-0.3, -0.25) is 4.79 Å². The Morgan fingerprint density at radius 3 is 2.44 bits per heavy atom. The van der Waals surface area contributed by atoms with Crippen LogP contribution in [0.3, 0.4) is 0 Å². The lowest BCUT2D eigenvalue weighted by Gasteiger charge is -2.11. The smallest absolute Gasteiger partial charge is 0.338 e. The van der Waals surface area contributed by atoms with Crippen molar-refractivity contribution < 1.29 is 19.1 Å². The molecule has 34 heavy (non-hydrogen) atoms. The van der Waals surface area contributed by atoms with Gasteiger partial charge in [0.05, 0.1) is 35.6 Å². The van der Waals surface area contributed by atoms with E-state index in [1.807, 2.05) is 42.5 Å². The predicted octanol–water partition coefficient (Wildman–Crippen LogP) is 5.82. The van der Waals surface area contributed by atoms with E-state index in [0.717, 1.165) is 32.8 Å². The second-order valence-electron chi connectivity index (χ2n) is 7.39. The van der Waals surface area contributed by atoms with Crippen LogP contribution < -0.4 is 10.1 Å². The van der Waals surface area contributed by atoms with Crippen LogP contribution in [-0.2, 0) is 9.53 Å². The van der Waals surface area contributed by atoms with Gasteiger partial charge in [0.1, 0.15) is 5.75 Å². The normalized spacial score (nSPS) is 10.6. The van der Waals surface area contributed by atoms with E-state index in [2.05, 4.69) is 17.4 Å². The molecule has 0 saturated heterocycles. The quantitative estimate of drug-likeness (QED) is 0.257. The van der Waals surface area contributed by atoms with Gasteiger partial charge < -0.3 is 14.8 Å². The zero-order chi connectivity index (χ0) is 23.9. The van der Waals surface area contributed by atoms with Crippen molar-refractivity contribution >= 4 is 40.2 Å². The minimum atomic E-state index is -0.385. The molecule has 0 bridgehead atoms. The number of benzene rings is 3. The maximum absolute atomic E-state index is 12.6. The summed E-state index contributed by atoms with van der Waals surface area (Å²) in [5.74, 6) is 0.369. The van der Waals surface area contributed by atoms with Gasteiger partial charge >= 0.3 is 5.97 Å². The van der Waals surface area contributed by atoms with Crippen molar-refractivity contribution in [3.63, 3.8) is 0 Å². The molecule has 1 heterocycles. The number of nitrogens with zero attached hydrogens (tertiary/aromatic N) is 1. The second kappa shape index (κ2) is 10.9. The fourth-order valence-corrected chi connectivity index (χ4v) is 4.20. The maximum atomic E-state index is 12.6. The molecule has 0 unspecified atom stereocenters. The number of aromatic nitrogens is 1. The monoisotopic (exact) mass is 472 g/mol. The number of fused-ring (bicyclic) bond motifs is 1. The highest BCUT2D eigenvalue weighted by atomic mass is 32.2. The number of carbonyl (C=O) groups excluding carboxylic acids is 2. The number of methoxy groups -OCH3 is 1. The van der Waals surface area contributed by atoms with Gasteiger partial charge in [-0.05, 0) is 60.5 Å². The van der Waals surface area contributed by atoms with Crippen molar-refractivity contribution in [2.45, 2.75) is 11.9 Å². The Morgan fingerprint density at radius 2 is 1.74 bits per heavy atom. The minimum Gasteiger partial charge on any atom is -0.497 e.